The highest BCUT2D eigenvalue weighted by molar-refractivity contribution is 6.30. The molecule has 7 heteroatoms. The second kappa shape index (κ2) is 9.22. The van der Waals surface area contributed by atoms with E-state index in [1.165, 1.54) is 0 Å². The maximum Gasteiger partial charge on any atom is 0.410 e. The molecule has 6 nitrogen and oxygen atoms in total. The van der Waals surface area contributed by atoms with Crippen LogP contribution < -0.4 is 0 Å². The number of ether oxygens (including phenoxy) is 1. The first-order valence-electron chi connectivity index (χ1n) is 9.20. The molecule has 27 heavy (non-hydrogen) atoms. The predicted octanol–water partition coefficient (Wildman–Crippen LogP) is 3.77. The number of ketones is 1. The Labute approximate surface area is 165 Å². The van der Waals surface area contributed by atoms with Crippen LogP contribution in [0.4, 0.5) is 4.79 Å². The van der Waals surface area contributed by atoms with Crippen LogP contribution in [0.2, 0.25) is 5.02 Å². The van der Waals surface area contributed by atoms with E-state index in [0.717, 1.165) is 0 Å². The molecule has 1 fully saturated rings. The Kier molecular flexibility index (Phi) is 7.25. The lowest BCUT2D eigenvalue weighted by Gasteiger charge is -2.26. The lowest BCUT2D eigenvalue weighted by molar-refractivity contribution is -0.131. The third-order valence-electron chi connectivity index (χ3n) is 4.23. The van der Waals surface area contributed by atoms with E-state index in [1.807, 2.05) is 20.8 Å². The minimum Gasteiger partial charge on any atom is -0.444 e. The topological polar surface area (TPSA) is 66.9 Å². The molecule has 2 amide bonds. The van der Waals surface area contributed by atoms with Gasteiger partial charge in [-0.15, -0.1) is 0 Å². The molecule has 0 radical (unpaired) electrons. The zero-order chi connectivity index (χ0) is 20.0. The van der Waals surface area contributed by atoms with Crippen molar-refractivity contribution < 1.29 is 19.1 Å². The van der Waals surface area contributed by atoms with E-state index in [9.17, 15) is 14.4 Å². The summed E-state index contributed by atoms with van der Waals surface area (Å²) in [5.74, 6) is -0.145. The molecule has 1 heterocycles. The Morgan fingerprint density at radius 1 is 0.963 bits per heavy atom. The van der Waals surface area contributed by atoms with Crippen molar-refractivity contribution in [3.8, 4) is 0 Å². The molecule has 0 saturated carbocycles. The third-order valence-corrected chi connectivity index (χ3v) is 4.48. The fourth-order valence-electron chi connectivity index (χ4n) is 2.83. The fourth-order valence-corrected chi connectivity index (χ4v) is 2.96. The van der Waals surface area contributed by atoms with Gasteiger partial charge >= 0.3 is 6.09 Å². The standard InChI is InChI=1S/C20H27ClN2O4/c1-20(2,3)27-19(26)23-12-4-11-22(13-14-23)18(25)10-9-17(24)15-5-7-16(21)8-6-15/h5-8H,4,9-14H2,1-3H3. The monoisotopic (exact) mass is 394 g/mol. The highest BCUT2D eigenvalue weighted by Gasteiger charge is 2.26. The molecule has 148 valence electrons. The number of Topliss-reactive ketones (excluding diaryl/α,β-unsaturated/α-hetero) is 1. The van der Waals surface area contributed by atoms with Crippen molar-refractivity contribution in [1.82, 2.24) is 9.80 Å². The molecule has 1 aromatic carbocycles. The van der Waals surface area contributed by atoms with E-state index in [-0.39, 0.29) is 30.6 Å². The first-order valence-corrected chi connectivity index (χ1v) is 9.58. The van der Waals surface area contributed by atoms with Crippen LogP contribution in [-0.2, 0) is 9.53 Å². The summed E-state index contributed by atoms with van der Waals surface area (Å²) in [6.45, 7) is 7.51. The molecule has 0 atom stereocenters. The maximum atomic E-state index is 12.5. The van der Waals surface area contributed by atoms with E-state index >= 15 is 0 Å². The van der Waals surface area contributed by atoms with Crippen molar-refractivity contribution in [2.45, 2.75) is 45.6 Å². The van der Waals surface area contributed by atoms with Crippen molar-refractivity contribution in [1.29, 1.82) is 0 Å². The Morgan fingerprint density at radius 2 is 1.56 bits per heavy atom. The maximum absolute atomic E-state index is 12.5. The summed E-state index contributed by atoms with van der Waals surface area (Å²) < 4.78 is 5.39. The summed E-state index contributed by atoms with van der Waals surface area (Å²) in [7, 11) is 0. The van der Waals surface area contributed by atoms with Gasteiger partial charge in [0.1, 0.15) is 5.60 Å². The van der Waals surface area contributed by atoms with Crippen LogP contribution in [-0.4, -0.2) is 59.4 Å². The number of amides is 2. The summed E-state index contributed by atoms with van der Waals surface area (Å²) in [6.07, 6.45) is 0.659. The molecule has 1 aliphatic rings. The van der Waals surface area contributed by atoms with E-state index in [0.29, 0.717) is 43.2 Å². The molecule has 1 saturated heterocycles. The van der Waals surface area contributed by atoms with Crippen molar-refractivity contribution in [3.05, 3.63) is 34.9 Å². The van der Waals surface area contributed by atoms with Gasteiger partial charge in [0.2, 0.25) is 5.91 Å². The largest absolute Gasteiger partial charge is 0.444 e. The van der Waals surface area contributed by atoms with Crippen molar-refractivity contribution in [3.63, 3.8) is 0 Å². The van der Waals surface area contributed by atoms with Crippen molar-refractivity contribution in [2.75, 3.05) is 26.2 Å². The second-order valence-corrected chi connectivity index (χ2v) is 8.07. The van der Waals surface area contributed by atoms with E-state index < -0.39 is 5.60 Å². The summed E-state index contributed by atoms with van der Waals surface area (Å²) in [5.41, 5.74) is 0.0140. The fraction of sp³-hybridized carbons (Fsp3) is 0.550. The summed E-state index contributed by atoms with van der Waals surface area (Å²) in [6, 6.07) is 6.66. The number of carbonyl (C=O) groups is 3. The summed E-state index contributed by atoms with van der Waals surface area (Å²) >= 11 is 5.82. The van der Waals surface area contributed by atoms with Crippen LogP contribution in [0.1, 0.15) is 50.4 Å². The molecule has 2 rings (SSSR count). The van der Waals surface area contributed by atoms with Gasteiger partial charge in [-0.1, -0.05) is 11.6 Å². The number of rotatable bonds is 4. The van der Waals surface area contributed by atoms with Crippen molar-refractivity contribution in [2.24, 2.45) is 0 Å². The van der Waals surface area contributed by atoms with Crippen LogP contribution >= 0.6 is 11.6 Å². The Hall–Kier alpha value is -2.08. The molecule has 0 unspecified atom stereocenters. The van der Waals surface area contributed by atoms with Gasteiger partial charge in [-0.2, -0.15) is 0 Å². The third kappa shape index (κ3) is 6.86. The van der Waals surface area contributed by atoms with E-state index in [4.69, 9.17) is 16.3 Å². The number of carbonyl (C=O) groups excluding carboxylic acids is 3. The van der Waals surface area contributed by atoms with Crippen LogP contribution in [0.5, 0.6) is 0 Å². The zero-order valence-electron chi connectivity index (χ0n) is 16.2. The van der Waals surface area contributed by atoms with Gasteiger partial charge < -0.3 is 14.5 Å². The normalized spacial score (nSPS) is 15.3. The van der Waals surface area contributed by atoms with Gasteiger partial charge in [-0.3, -0.25) is 9.59 Å². The van der Waals surface area contributed by atoms with Crippen LogP contribution in [0.3, 0.4) is 0 Å². The minimum absolute atomic E-state index is 0.0663. The number of benzene rings is 1. The molecule has 0 spiro atoms. The molecule has 0 aromatic heterocycles. The SMILES string of the molecule is CC(C)(C)OC(=O)N1CCCN(C(=O)CCC(=O)c2ccc(Cl)cc2)CC1. The average Bonchev–Trinajstić information content (AvgIpc) is 2.85. The predicted molar refractivity (Wildman–Crippen MR) is 104 cm³/mol. The molecule has 0 bridgehead atoms. The Morgan fingerprint density at radius 3 is 2.19 bits per heavy atom. The van der Waals surface area contributed by atoms with Gasteiger partial charge in [-0.25, -0.2) is 4.79 Å². The van der Waals surface area contributed by atoms with E-state index in [1.54, 1.807) is 34.1 Å². The molecular formula is C20H27ClN2O4. The smallest absolute Gasteiger partial charge is 0.410 e. The highest BCUT2D eigenvalue weighted by Crippen LogP contribution is 2.15. The highest BCUT2D eigenvalue weighted by atomic mass is 35.5. The molecule has 1 aliphatic heterocycles. The number of hydrogen-bond acceptors (Lipinski definition) is 4. The number of nitrogens with zero attached hydrogens (tertiary/aromatic N) is 2. The average molecular weight is 395 g/mol. The number of hydrogen-bond donors (Lipinski definition) is 0. The first kappa shape index (κ1) is 21.2. The van der Waals surface area contributed by atoms with Gasteiger partial charge in [-0.05, 0) is 51.5 Å². The Balaban J connectivity index is 1.82. The molecule has 0 aliphatic carbocycles. The van der Waals surface area contributed by atoms with E-state index in [2.05, 4.69) is 0 Å². The van der Waals surface area contributed by atoms with Gasteiger partial charge in [0.15, 0.2) is 5.78 Å². The zero-order valence-corrected chi connectivity index (χ0v) is 16.9. The second-order valence-electron chi connectivity index (χ2n) is 7.63. The van der Waals surface area contributed by atoms with Crippen LogP contribution in [0.25, 0.3) is 0 Å². The Bertz CT molecular complexity index is 682. The minimum atomic E-state index is -0.541. The first-order chi connectivity index (χ1) is 12.7. The van der Waals surface area contributed by atoms with Gasteiger partial charge in [0.05, 0.1) is 0 Å². The molecule has 0 N–H and O–H groups in total. The summed E-state index contributed by atoms with van der Waals surface area (Å²) in [5, 5.41) is 0.571. The van der Waals surface area contributed by atoms with Crippen LogP contribution in [0.15, 0.2) is 24.3 Å². The van der Waals surface area contributed by atoms with Crippen LogP contribution in [0, 0.1) is 0 Å². The molecule has 1 aromatic rings. The molecular weight excluding hydrogens is 368 g/mol. The van der Waals surface area contributed by atoms with Gasteiger partial charge in [0.25, 0.3) is 0 Å². The lowest BCUT2D eigenvalue weighted by Crippen LogP contribution is -2.40. The quantitative estimate of drug-likeness (QED) is 0.729. The lowest BCUT2D eigenvalue weighted by atomic mass is 10.1. The summed E-state index contributed by atoms with van der Waals surface area (Å²) in [4.78, 5) is 40.2. The number of halogens is 1. The van der Waals surface area contributed by atoms with Gasteiger partial charge in [0, 0.05) is 49.6 Å². The van der Waals surface area contributed by atoms with Crippen molar-refractivity contribution >= 4 is 29.4 Å².